The Hall–Kier alpha value is -2.21. The van der Waals surface area contributed by atoms with E-state index in [4.69, 9.17) is 5.26 Å². The summed E-state index contributed by atoms with van der Waals surface area (Å²) in [5.41, 5.74) is 2.06. The Morgan fingerprint density at radius 1 is 1.29 bits per heavy atom. The molecule has 0 spiro atoms. The molecule has 0 unspecified atom stereocenters. The molecule has 2 aromatic heterocycles. The number of thiophene rings is 1. The number of carbonyl (C=O) groups excluding carboxylic acids is 1. The molecule has 1 N–H and O–H groups in total. The molecular weight excluding hydrogens is 365 g/mol. The summed E-state index contributed by atoms with van der Waals surface area (Å²) in [5.74, 6) is -0.262. The van der Waals surface area contributed by atoms with Gasteiger partial charge in [0.05, 0.1) is 17.0 Å². The van der Waals surface area contributed by atoms with Crippen LogP contribution in [-0.2, 0) is 4.79 Å². The van der Waals surface area contributed by atoms with Gasteiger partial charge in [-0.3, -0.25) is 4.79 Å². The summed E-state index contributed by atoms with van der Waals surface area (Å²) >= 11 is 4.08. The van der Waals surface area contributed by atoms with Gasteiger partial charge in [-0.1, -0.05) is 11.8 Å². The standard InChI is InChI=1S/C16H10FN3OS3/c17-12-3-1-10(2-4-12)13-8-23-16(19-13)24-9-14(21)20-15-11(7-18)5-6-22-15/h1-6,8H,9H2,(H,20,21). The highest BCUT2D eigenvalue weighted by Crippen LogP contribution is 2.29. The molecule has 120 valence electrons. The van der Waals surface area contributed by atoms with E-state index in [0.29, 0.717) is 10.6 Å². The van der Waals surface area contributed by atoms with Gasteiger partial charge < -0.3 is 5.32 Å². The van der Waals surface area contributed by atoms with Crippen LogP contribution in [0.2, 0.25) is 0 Å². The largest absolute Gasteiger partial charge is 0.316 e. The maximum atomic E-state index is 12.9. The summed E-state index contributed by atoms with van der Waals surface area (Å²) in [6, 6.07) is 9.83. The predicted molar refractivity (Wildman–Crippen MR) is 95.9 cm³/mol. The highest BCUT2D eigenvalue weighted by atomic mass is 32.2. The zero-order chi connectivity index (χ0) is 16.9. The number of anilines is 1. The van der Waals surface area contributed by atoms with Gasteiger partial charge >= 0.3 is 0 Å². The summed E-state index contributed by atoms with van der Waals surface area (Å²) in [5, 5.41) is 15.9. The third-order valence-corrected chi connectivity index (χ3v) is 5.84. The fraction of sp³-hybridized carbons (Fsp3) is 0.0625. The number of halogens is 1. The Balaban J connectivity index is 1.58. The average molecular weight is 375 g/mol. The topological polar surface area (TPSA) is 65.8 Å². The molecule has 0 radical (unpaired) electrons. The second-order valence-corrected chi connectivity index (χ2v) is 7.61. The lowest BCUT2D eigenvalue weighted by Crippen LogP contribution is -2.13. The van der Waals surface area contributed by atoms with E-state index in [1.165, 1.54) is 46.6 Å². The Bertz CT molecular complexity index is 896. The van der Waals surface area contributed by atoms with Crippen molar-refractivity contribution in [3.8, 4) is 17.3 Å². The molecule has 0 bridgehead atoms. The molecule has 1 amide bonds. The number of thiazole rings is 1. The summed E-state index contributed by atoms with van der Waals surface area (Å²) < 4.78 is 13.7. The lowest BCUT2D eigenvalue weighted by molar-refractivity contribution is -0.113. The van der Waals surface area contributed by atoms with Crippen LogP contribution < -0.4 is 5.32 Å². The normalized spacial score (nSPS) is 10.3. The second kappa shape index (κ2) is 7.57. The molecule has 0 saturated heterocycles. The third-order valence-electron chi connectivity index (χ3n) is 2.99. The minimum Gasteiger partial charge on any atom is -0.316 e. The summed E-state index contributed by atoms with van der Waals surface area (Å²) in [6.07, 6.45) is 0. The number of rotatable bonds is 5. The first-order valence-corrected chi connectivity index (χ1v) is 9.52. The van der Waals surface area contributed by atoms with Crippen molar-refractivity contribution < 1.29 is 9.18 Å². The summed E-state index contributed by atoms with van der Waals surface area (Å²) in [6.45, 7) is 0. The lowest BCUT2D eigenvalue weighted by atomic mass is 10.2. The number of hydrogen-bond donors (Lipinski definition) is 1. The molecule has 2 heterocycles. The van der Waals surface area contributed by atoms with Crippen LogP contribution >= 0.6 is 34.4 Å². The van der Waals surface area contributed by atoms with Crippen LogP contribution in [0, 0.1) is 17.1 Å². The Morgan fingerprint density at radius 3 is 2.83 bits per heavy atom. The van der Waals surface area contributed by atoms with Gasteiger partial charge in [-0.25, -0.2) is 9.37 Å². The molecule has 8 heteroatoms. The first-order chi connectivity index (χ1) is 11.7. The summed E-state index contributed by atoms with van der Waals surface area (Å²) in [4.78, 5) is 16.4. The molecule has 0 atom stereocenters. The van der Waals surface area contributed by atoms with Crippen molar-refractivity contribution in [3.05, 3.63) is 52.5 Å². The lowest BCUT2D eigenvalue weighted by Gasteiger charge is -2.01. The minimum atomic E-state index is -0.287. The Labute approximate surface area is 150 Å². The fourth-order valence-corrected chi connectivity index (χ4v) is 4.25. The number of carbonyl (C=O) groups is 1. The van der Waals surface area contributed by atoms with Gasteiger partial charge in [0, 0.05) is 10.9 Å². The second-order valence-electron chi connectivity index (χ2n) is 4.62. The summed E-state index contributed by atoms with van der Waals surface area (Å²) in [7, 11) is 0. The number of nitrogens with zero attached hydrogens (tertiary/aromatic N) is 2. The van der Waals surface area contributed by atoms with Crippen LogP contribution in [0.5, 0.6) is 0 Å². The zero-order valence-electron chi connectivity index (χ0n) is 12.2. The number of aromatic nitrogens is 1. The highest BCUT2D eigenvalue weighted by molar-refractivity contribution is 8.01. The van der Waals surface area contributed by atoms with Gasteiger partial charge in [0.2, 0.25) is 5.91 Å². The van der Waals surface area contributed by atoms with Gasteiger partial charge in [0.15, 0.2) is 4.34 Å². The highest BCUT2D eigenvalue weighted by Gasteiger charge is 2.11. The third kappa shape index (κ3) is 4.00. The molecule has 0 fully saturated rings. The van der Waals surface area contributed by atoms with Crippen LogP contribution in [0.3, 0.4) is 0 Å². The molecule has 0 saturated carbocycles. The number of hydrogen-bond acceptors (Lipinski definition) is 6. The molecule has 0 aliphatic rings. The van der Waals surface area contributed by atoms with Crippen LogP contribution in [0.15, 0.2) is 45.4 Å². The molecule has 3 aromatic rings. The van der Waals surface area contributed by atoms with Crippen LogP contribution in [-0.4, -0.2) is 16.6 Å². The smallest absolute Gasteiger partial charge is 0.235 e. The molecule has 24 heavy (non-hydrogen) atoms. The maximum absolute atomic E-state index is 12.9. The zero-order valence-corrected chi connectivity index (χ0v) is 14.6. The molecule has 0 aliphatic carbocycles. The van der Waals surface area contributed by atoms with Gasteiger partial charge in [-0.15, -0.1) is 22.7 Å². The number of nitrogens with one attached hydrogen (secondary N) is 1. The predicted octanol–water partition coefficient (Wildman–Crippen LogP) is 4.61. The number of thioether (sulfide) groups is 1. The molecule has 0 aliphatic heterocycles. The fourth-order valence-electron chi connectivity index (χ4n) is 1.86. The van der Waals surface area contributed by atoms with E-state index >= 15 is 0 Å². The molecule has 1 aromatic carbocycles. The minimum absolute atomic E-state index is 0.183. The van der Waals surface area contributed by atoms with E-state index < -0.39 is 0 Å². The molecule has 3 rings (SSSR count). The first-order valence-electron chi connectivity index (χ1n) is 6.77. The Kier molecular flexibility index (Phi) is 5.25. The van der Waals surface area contributed by atoms with E-state index in [0.717, 1.165) is 15.6 Å². The van der Waals surface area contributed by atoms with Crippen molar-refractivity contribution in [3.63, 3.8) is 0 Å². The van der Waals surface area contributed by atoms with Crippen molar-refractivity contribution in [1.29, 1.82) is 5.26 Å². The van der Waals surface area contributed by atoms with Crippen molar-refractivity contribution in [1.82, 2.24) is 4.98 Å². The van der Waals surface area contributed by atoms with Crippen LogP contribution in [0.1, 0.15) is 5.56 Å². The van der Waals surface area contributed by atoms with Crippen molar-refractivity contribution in [2.45, 2.75) is 4.34 Å². The van der Waals surface area contributed by atoms with Gasteiger partial charge in [-0.05, 0) is 35.7 Å². The SMILES string of the molecule is N#Cc1ccsc1NC(=O)CSc1nc(-c2ccc(F)cc2)cs1. The average Bonchev–Trinajstić information content (AvgIpc) is 3.22. The number of nitriles is 1. The number of amides is 1. The van der Waals surface area contributed by atoms with E-state index in [-0.39, 0.29) is 17.5 Å². The van der Waals surface area contributed by atoms with E-state index in [1.807, 2.05) is 11.4 Å². The Morgan fingerprint density at radius 2 is 2.08 bits per heavy atom. The van der Waals surface area contributed by atoms with E-state index in [2.05, 4.69) is 10.3 Å². The quantitative estimate of drug-likeness (QED) is 0.661. The molecule has 4 nitrogen and oxygen atoms in total. The van der Waals surface area contributed by atoms with E-state index in [1.54, 1.807) is 23.6 Å². The van der Waals surface area contributed by atoms with Crippen LogP contribution in [0.25, 0.3) is 11.3 Å². The number of benzene rings is 1. The van der Waals surface area contributed by atoms with Crippen molar-refractivity contribution >= 4 is 45.3 Å². The van der Waals surface area contributed by atoms with E-state index in [9.17, 15) is 9.18 Å². The maximum Gasteiger partial charge on any atom is 0.235 e. The van der Waals surface area contributed by atoms with Crippen molar-refractivity contribution in [2.24, 2.45) is 0 Å². The van der Waals surface area contributed by atoms with Gasteiger partial charge in [-0.2, -0.15) is 5.26 Å². The monoisotopic (exact) mass is 375 g/mol. The van der Waals surface area contributed by atoms with Gasteiger partial charge in [0.1, 0.15) is 16.9 Å². The first kappa shape index (κ1) is 16.6. The molecular formula is C16H10FN3OS3. The van der Waals surface area contributed by atoms with Crippen molar-refractivity contribution in [2.75, 3.05) is 11.1 Å². The van der Waals surface area contributed by atoms with Gasteiger partial charge in [0.25, 0.3) is 0 Å². The van der Waals surface area contributed by atoms with Crippen LogP contribution in [0.4, 0.5) is 9.39 Å².